The third-order valence-corrected chi connectivity index (χ3v) is 2.42. The van der Waals surface area contributed by atoms with E-state index < -0.39 is 0 Å². The quantitative estimate of drug-likeness (QED) is 0.882. The number of nitrogen functional groups attached to an aromatic ring is 1. The first kappa shape index (κ1) is 11.3. The average molecular weight is 232 g/mol. The Hall–Kier alpha value is -2.17. The fourth-order valence-electron chi connectivity index (χ4n) is 1.65. The average Bonchev–Trinajstić information content (AvgIpc) is 2.34. The zero-order valence-electron chi connectivity index (χ0n) is 9.47. The summed E-state index contributed by atoms with van der Waals surface area (Å²) in [7, 11) is 0. The van der Waals surface area contributed by atoms with Crippen LogP contribution in [0, 0.1) is 5.82 Å². The first-order valence-corrected chi connectivity index (χ1v) is 5.32. The molecule has 17 heavy (non-hydrogen) atoms. The molecule has 1 aromatic carbocycles. The summed E-state index contributed by atoms with van der Waals surface area (Å²) in [6, 6.07) is 6.51. The van der Waals surface area contributed by atoms with Crippen LogP contribution in [0.1, 0.15) is 6.92 Å². The first-order chi connectivity index (χ1) is 8.24. The fourth-order valence-corrected chi connectivity index (χ4v) is 1.65. The van der Waals surface area contributed by atoms with Gasteiger partial charge in [0.15, 0.2) is 11.6 Å². The SMILES string of the molecule is CCN(c1ccccc1F)c1nccnc1N. The summed E-state index contributed by atoms with van der Waals surface area (Å²) in [4.78, 5) is 9.79. The van der Waals surface area contributed by atoms with Gasteiger partial charge in [-0.25, -0.2) is 14.4 Å². The Labute approximate surface area is 98.9 Å². The number of benzene rings is 1. The highest BCUT2D eigenvalue weighted by molar-refractivity contribution is 5.68. The van der Waals surface area contributed by atoms with Gasteiger partial charge < -0.3 is 10.6 Å². The molecule has 0 aliphatic rings. The number of halogens is 1. The van der Waals surface area contributed by atoms with Gasteiger partial charge in [0.2, 0.25) is 0 Å². The molecule has 0 saturated heterocycles. The van der Waals surface area contributed by atoms with Crippen molar-refractivity contribution in [1.82, 2.24) is 9.97 Å². The van der Waals surface area contributed by atoms with E-state index in [1.54, 1.807) is 23.1 Å². The Morgan fingerprint density at radius 3 is 2.59 bits per heavy atom. The van der Waals surface area contributed by atoms with Crippen molar-refractivity contribution >= 4 is 17.3 Å². The van der Waals surface area contributed by atoms with Gasteiger partial charge in [0.1, 0.15) is 5.82 Å². The van der Waals surface area contributed by atoms with Gasteiger partial charge in [0.05, 0.1) is 5.69 Å². The van der Waals surface area contributed by atoms with Crippen molar-refractivity contribution in [3.8, 4) is 0 Å². The van der Waals surface area contributed by atoms with Crippen LogP contribution >= 0.6 is 0 Å². The van der Waals surface area contributed by atoms with Crippen LogP contribution < -0.4 is 10.6 Å². The topological polar surface area (TPSA) is 55.0 Å². The van der Waals surface area contributed by atoms with Crippen molar-refractivity contribution in [2.75, 3.05) is 17.2 Å². The summed E-state index contributed by atoms with van der Waals surface area (Å²) in [5.41, 5.74) is 6.19. The Balaban J connectivity index is 2.48. The summed E-state index contributed by atoms with van der Waals surface area (Å²) in [6.45, 7) is 2.46. The zero-order chi connectivity index (χ0) is 12.3. The first-order valence-electron chi connectivity index (χ1n) is 5.32. The molecular formula is C12H13FN4. The molecule has 1 aromatic heterocycles. The molecule has 0 radical (unpaired) electrons. The molecule has 0 spiro atoms. The van der Waals surface area contributed by atoms with Gasteiger partial charge in [-0.05, 0) is 19.1 Å². The number of rotatable bonds is 3. The van der Waals surface area contributed by atoms with Gasteiger partial charge in [0, 0.05) is 18.9 Å². The predicted molar refractivity (Wildman–Crippen MR) is 65.5 cm³/mol. The lowest BCUT2D eigenvalue weighted by Crippen LogP contribution is -2.20. The van der Waals surface area contributed by atoms with Crippen LogP contribution in [0.2, 0.25) is 0 Å². The molecule has 2 aromatic rings. The van der Waals surface area contributed by atoms with Crippen LogP contribution in [0.4, 0.5) is 21.7 Å². The molecule has 1 heterocycles. The van der Waals surface area contributed by atoms with E-state index in [0.29, 0.717) is 18.1 Å². The van der Waals surface area contributed by atoms with Crippen LogP contribution in [0.15, 0.2) is 36.7 Å². The molecule has 4 nitrogen and oxygen atoms in total. The highest BCUT2D eigenvalue weighted by Gasteiger charge is 2.15. The van der Waals surface area contributed by atoms with Gasteiger partial charge in [-0.15, -0.1) is 0 Å². The van der Waals surface area contributed by atoms with E-state index in [9.17, 15) is 4.39 Å². The van der Waals surface area contributed by atoms with Crippen LogP contribution in [0.25, 0.3) is 0 Å². The highest BCUT2D eigenvalue weighted by Crippen LogP contribution is 2.28. The molecule has 0 fully saturated rings. The highest BCUT2D eigenvalue weighted by atomic mass is 19.1. The minimum absolute atomic E-state index is 0.289. The van der Waals surface area contributed by atoms with E-state index in [1.807, 2.05) is 6.92 Å². The number of hydrogen-bond acceptors (Lipinski definition) is 4. The van der Waals surface area contributed by atoms with E-state index in [2.05, 4.69) is 9.97 Å². The fraction of sp³-hybridized carbons (Fsp3) is 0.167. The third kappa shape index (κ3) is 2.18. The number of aromatic nitrogens is 2. The number of nitrogens with zero attached hydrogens (tertiary/aromatic N) is 3. The maximum Gasteiger partial charge on any atom is 0.176 e. The minimum atomic E-state index is -0.306. The predicted octanol–water partition coefficient (Wildman–Crippen LogP) is 2.36. The molecule has 2 N–H and O–H groups in total. The van der Waals surface area contributed by atoms with Crippen LogP contribution in [0.5, 0.6) is 0 Å². The van der Waals surface area contributed by atoms with Crippen molar-refractivity contribution < 1.29 is 4.39 Å². The second kappa shape index (κ2) is 4.78. The standard InChI is InChI=1S/C12H13FN4/c1-2-17(10-6-4-3-5-9(10)13)12-11(14)15-7-8-16-12/h3-8H,2H2,1H3,(H2,14,15). The Morgan fingerprint density at radius 2 is 1.94 bits per heavy atom. The van der Waals surface area contributed by atoms with Gasteiger partial charge in [-0.1, -0.05) is 12.1 Å². The Bertz CT molecular complexity index is 470. The van der Waals surface area contributed by atoms with Crippen molar-refractivity contribution in [1.29, 1.82) is 0 Å². The van der Waals surface area contributed by atoms with Gasteiger partial charge >= 0.3 is 0 Å². The molecule has 0 aliphatic heterocycles. The van der Waals surface area contributed by atoms with E-state index in [4.69, 9.17) is 5.73 Å². The van der Waals surface area contributed by atoms with Gasteiger partial charge in [0.25, 0.3) is 0 Å². The second-order valence-electron chi connectivity index (χ2n) is 3.46. The van der Waals surface area contributed by atoms with Crippen LogP contribution in [-0.4, -0.2) is 16.5 Å². The van der Waals surface area contributed by atoms with E-state index in [-0.39, 0.29) is 11.6 Å². The smallest absolute Gasteiger partial charge is 0.176 e. The molecule has 2 rings (SSSR count). The lowest BCUT2D eigenvalue weighted by molar-refractivity contribution is 0.625. The number of hydrogen-bond donors (Lipinski definition) is 1. The summed E-state index contributed by atoms with van der Waals surface area (Å²) >= 11 is 0. The Kier molecular flexibility index (Phi) is 3.18. The van der Waals surface area contributed by atoms with Crippen molar-refractivity contribution in [2.24, 2.45) is 0 Å². The molecule has 0 saturated carbocycles. The van der Waals surface area contributed by atoms with Crippen LogP contribution in [0.3, 0.4) is 0 Å². The summed E-state index contributed by atoms with van der Waals surface area (Å²) < 4.78 is 13.7. The van der Waals surface area contributed by atoms with Crippen molar-refractivity contribution in [3.05, 3.63) is 42.5 Å². The van der Waals surface area contributed by atoms with Crippen LogP contribution in [-0.2, 0) is 0 Å². The van der Waals surface area contributed by atoms with E-state index in [1.165, 1.54) is 18.5 Å². The molecule has 0 amide bonds. The molecule has 0 atom stereocenters. The molecule has 5 heteroatoms. The third-order valence-electron chi connectivity index (χ3n) is 2.42. The number of anilines is 3. The normalized spacial score (nSPS) is 10.2. The number of para-hydroxylation sites is 1. The second-order valence-corrected chi connectivity index (χ2v) is 3.46. The van der Waals surface area contributed by atoms with E-state index in [0.717, 1.165) is 0 Å². The molecule has 0 aliphatic carbocycles. The lowest BCUT2D eigenvalue weighted by Gasteiger charge is -2.22. The molecular weight excluding hydrogens is 219 g/mol. The minimum Gasteiger partial charge on any atom is -0.381 e. The largest absolute Gasteiger partial charge is 0.381 e. The summed E-state index contributed by atoms with van der Waals surface area (Å²) in [5.74, 6) is 0.456. The van der Waals surface area contributed by atoms with Crippen molar-refractivity contribution in [3.63, 3.8) is 0 Å². The monoisotopic (exact) mass is 232 g/mol. The molecule has 0 bridgehead atoms. The zero-order valence-corrected chi connectivity index (χ0v) is 9.47. The van der Waals surface area contributed by atoms with Gasteiger partial charge in [-0.2, -0.15) is 0 Å². The summed E-state index contributed by atoms with van der Waals surface area (Å²) in [6.07, 6.45) is 3.04. The summed E-state index contributed by atoms with van der Waals surface area (Å²) in [5, 5.41) is 0. The molecule has 0 unspecified atom stereocenters. The lowest BCUT2D eigenvalue weighted by atomic mass is 10.2. The Morgan fingerprint density at radius 1 is 1.24 bits per heavy atom. The van der Waals surface area contributed by atoms with E-state index >= 15 is 0 Å². The maximum atomic E-state index is 13.7. The van der Waals surface area contributed by atoms with Gasteiger partial charge in [-0.3, -0.25) is 0 Å². The number of nitrogens with two attached hydrogens (primary N) is 1. The van der Waals surface area contributed by atoms with Crippen molar-refractivity contribution in [2.45, 2.75) is 6.92 Å². The molecule has 88 valence electrons. The maximum absolute atomic E-state index is 13.7.